The fourth-order valence-electron chi connectivity index (χ4n) is 1.58. The van der Waals surface area contributed by atoms with E-state index in [0.29, 0.717) is 6.42 Å². The first kappa shape index (κ1) is 11.9. The Morgan fingerprint density at radius 3 is 2.53 bits per heavy atom. The Labute approximate surface area is 91.3 Å². The second-order valence-corrected chi connectivity index (χ2v) is 3.64. The van der Waals surface area contributed by atoms with Crippen LogP contribution in [0.5, 0.6) is 0 Å². The van der Waals surface area contributed by atoms with Gasteiger partial charge in [0.1, 0.15) is 6.10 Å². The van der Waals surface area contributed by atoms with Gasteiger partial charge in [-0.05, 0) is 12.0 Å². The van der Waals surface area contributed by atoms with Gasteiger partial charge in [0.05, 0.1) is 0 Å². The van der Waals surface area contributed by atoms with Crippen molar-refractivity contribution in [3.63, 3.8) is 0 Å². The van der Waals surface area contributed by atoms with Crippen LogP contribution in [0, 0.1) is 0 Å². The number of carbonyl (C=O) groups excluding carboxylic acids is 1. The molecule has 0 radical (unpaired) electrons. The van der Waals surface area contributed by atoms with Crippen LogP contribution in [0.3, 0.4) is 0 Å². The Morgan fingerprint density at radius 1 is 1.33 bits per heavy atom. The van der Waals surface area contributed by atoms with Gasteiger partial charge in [-0.2, -0.15) is 0 Å². The largest absolute Gasteiger partial charge is 0.374 e. The molecule has 1 rings (SSSR count). The van der Waals surface area contributed by atoms with Crippen molar-refractivity contribution >= 4 is 5.78 Å². The van der Waals surface area contributed by atoms with E-state index in [1.807, 2.05) is 30.3 Å². The molecule has 0 aliphatic carbocycles. The maximum Gasteiger partial charge on any atom is 0.165 e. The maximum atomic E-state index is 11.8. The van der Waals surface area contributed by atoms with Crippen molar-refractivity contribution in [2.24, 2.45) is 0 Å². The van der Waals surface area contributed by atoms with Gasteiger partial charge in [-0.15, -0.1) is 0 Å². The lowest BCUT2D eigenvalue weighted by atomic mass is 10.0. The molecule has 0 spiro atoms. The number of ether oxygens (including phenoxy) is 1. The van der Waals surface area contributed by atoms with Crippen molar-refractivity contribution in [2.75, 3.05) is 7.11 Å². The molecule has 15 heavy (non-hydrogen) atoms. The normalized spacial score (nSPS) is 12.4. The standard InChI is InChI=1S/C13H18O2/c1-3-7-13(15-2)12(14)10-11-8-5-4-6-9-11/h4-6,8-9,13H,3,7,10H2,1-2H3. The van der Waals surface area contributed by atoms with Crippen molar-refractivity contribution in [3.8, 4) is 0 Å². The van der Waals surface area contributed by atoms with E-state index < -0.39 is 0 Å². The summed E-state index contributed by atoms with van der Waals surface area (Å²) in [4.78, 5) is 11.8. The molecule has 0 aromatic heterocycles. The second-order valence-electron chi connectivity index (χ2n) is 3.64. The summed E-state index contributed by atoms with van der Waals surface area (Å²) in [6, 6.07) is 9.79. The third-order valence-corrected chi connectivity index (χ3v) is 2.42. The van der Waals surface area contributed by atoms with Crippen LogP contribution in [-0.4, -0.2) is 19.0 Å². The first-order valence-corrected chi connectivity index (χ1v) is 5.37. The lowest BCUT2D eigenvalue weighted by Crippen LogP contribution is -2.24. The minimum Gasteiger partial charge on any atom is -0.374 e. The van der Waals surface area contributed by atoms with E-state index in [1.165, 1.54) is 0 Å². The predicted octanol–water partition coefficient (Wildman–Crippen LogP) is 2.61. The molecule has 0 aliphatic heterocycles. The number of rotatable bonds is 6. The van der Waals surface area contributed by atoms with Gasteiger partial charge in [0, 0.05) is 13.5 Å². The zero-order chi connectivity index (χ0) is 11.1. The molecule has 1 aromatic rings. The molecule has 0 fully saturated rings. The molecule has 82 valence electrons. The summed E-state index contributed by atoms with van der Waals surface area (Å²) < 4.78 is 5.18. The molecule has 1 aromatic carbocycles. The molecular formula is C13H18O2. The van der Waals surface area contributed by atoms with Crippen LogP contribution in [0.2, 0.25) is 0 Å². The quantitative estimate of drug-likeness (QED) is 0.715. The van der Waals surface area contributed by atoms with Gasteiger partial charge in [-0.3, -0.25) is 4.79 Å². The van der Waals surface area contributed by atoms with Gasteiger partial charge in [0.2, 0.25) is 0 Å². The Balaban J connectivity index is 2.54. The van der Waals surface area contributed by atoms with E-state index >= 15 is 0 Å². The Bertz CT molecular complexity index is 293. The third-order valence-electron chi connectivity index (χ3n) is 2.42. The topological polar surface area (TPSA) is 26.3 Å². The average Bonchev–Trinajstić information content (AvgIpc) is 2.27. The van der Waals surface area contributed by atoms with Gasteiger partial charge in [-0.1, -0.05) is 43.7 Å². The summed E-state index contributed by atoms with van der Waals surface area (Å²) in [6.45, 7) is 2.06. The molecule has 2 nitrogen and oxygen atoms in total. The van der Waals surface area contributed by atoms with Crippen LogP contribution in [0.1, 0.15) is 25.3 Å². The number of hydrogen-bond donors (Lipinski definition) is 0. The van der Waals surface area contributed by atoms with Gasteiger partial charge >= 0.3 is 0 Å². The van der Waals surface area contributed by atoms with E-state index in [4.69, 9.17) is 4.74 Å². The average molecular weight is 206 g/mol. The third kappa shape index (κ3) is 3.84. The molecule has 0 bridgehead atoms. The van der Waals surface area contributed by atoms with Crippen molar-refractivity contribution in [1.29, 1.82) is 0 Å². The molecule has 1 atom stereocenters. The molecule has 0 heterocycles. The van der Waals surface area contributed by atoms with Crippen LogP contribution in [0.4, 0.5) is 0 Å². The second kappa shape index (κ2) is 6.36. The first-order valence-electron chi connectivity index (χ1n) is 5.37. The highest BCUT2D eigenvalue weighted by atomic mass is 16.5. The zero-order valence-electron chi connectivity index (χ0n) is 9.40. The summed E-state index contributed by atoms with van der Waals surface area (Å²) in [5.74, 6) is 0.172. The highest BCUT2D eigenvalue weighted by Gasteiger charge is 2.16. The first-order chi connectivity index (χ1) is 7.27. The van der Waals surface area contributed by atoms with Gasteiger partial charge in [0.25, 0.3) is 0 Å². The molecule has 0 saturated carbocycles. The molecule has 1 unspecified atom stereocenters. The number of benzene rings is 1. The SMILES string of the molecule is CCCC(OC)C(=O)Cc1ccccc1. The van der Waals surface area contributed by atoms with Crippen molar-refractivity contribution in [3.05, 3.63) is 35.9 Å². The molecular weight excluding hydrogens is 188 g/mol. The van der Waals surface area contributed by atoms with Crippen molar-refractivity contribution < 1.29 is 9.53 Å². The van der Waals surface area contributed by atoms with Gasteiger partial charge in [0.15, 0.2) is 5.78 Å². The lowest BCUT2D eigenvalue weighted by molar-refractivity contribution is -0.128. The van der Waals surface area contributed by atoms with E-state index in [1.54, 1.807) is 7.11 Å². The van der Waals surface area contributed by atoms with Gasteiger partial charge in [-0.25, -0.2) is 0 Å². The highest BCUT2D eigenvalue weighted by molar-refractivity contribution is 5.85. The van der Waals surface area contributed by atoms with Gasteiger partial charge < -0.3 is 4.74 Å². The maximum absolute atomic E-state index is 11.8. The van der Waals surface area contributed by atoms with Crippen molar-refractivity contribution in [2.45, 2.75) is 32.3 Å². The Morgan fingerprint density at radius 2 is 2.00 bits per heavy atom. The lowest BCUT2D eigenvalue weighted by Gasteiger charge is -2.12. The fraction of sp³-hybridized carbons (Fsp3) is 0.462. The number of hydrogen-bond acceptors (Lipinski definition) is 2. The number of ketones is 1. The molecule has 2 heteroatoms. The number of carbonyl (C=O) groups is 1. The van der Waals surface area contributed by atoms with E-state index in [9.17, 15) is 4.79 Å². The molecule has 0 N–H and O–H groups in total. The summed E-state index contributed by atoms with van der Waals surface area (Å²) in [6.07, 6.45) is 2.01. The van der Waals surface area contributed by atoms with E-state index in [-0.39, 0.29) is 11.9 Å². The number of Topliss-reactive ketones (excluding diaryl/α,β-unsaturated/α-hetero) is 1. The Kier molecular flexibility index (Phi) is 5.05. The highest BCUT2D eigenvalue weighted by Crippen LogP contribution is 2.07. The fourth-order valence-corrected chi connectivity index (χ4v) is 1.58. The van der Waals surface area contributed by atoms with Crippen LogP contribution < -0.4 is 0 Å². The number of methoxy groups -OCH3 is 1. The monoisotopic (exact) mass is 206 g/mol. The predicted molar refractivity (Wildman–Crippen MR) is 60.9 cm³/mol. The van der Waals surface area contributed by atoms with Crippen LogP contribution >= 0.6 is 0 Å². The molecule has 0 amide bonds. The van der Waals surface area contributed by atoms with Crippen LogP contribution in [-0.2, 0) is 16.0 Å². The smallest absolute Gasteiger partial charge is 0.165 e. The zero-order valence-corrected chi connectivity index (χ0v) is 9.40. The molecule has 0 saturated heterocycles. The van der Waals surface area contributed by atoms with E-state index in [2.05, 4.69) is 6.92 Å². The summed E-state index contributed by atoms with van der Waals surface area (Å²) in [7, 11) is 1.60. The minimum atomic E-state index is -0.241. The minimum absolute atomic E-state index is 0.172. The summed E-state index contributed by atoms with van der Waals surface area (Å²) >= 11 is 0. The summed E-state index contributed by atoms with van der Waals surface area (Å²) in [5, 5.41) is 0. The Hall–Kier alpha value is -1.15. The van der Waals surface area contributed by atoms with Crippen LogP contribution in [0.25, 0.3) is 0 Å². The molecule has 0 aliphatic rings. The summed E-state index contributed by atoms with van der Waals surface area (Å²) in [5.41, 5.74) is 1.06. The van der Waals surface area contributed by atoms with Crippen molar-refractivity contribution in [1.82, 2.24) is 0 Å². The van der Waals surface area contributed by atoms with E-state index in [0.717, 1.165) is 18.4 Å². The van der Waals surface area contributed by atoms with Crippen LogP contribution in [0.15, 0.2) is 30.3 Å².